The van der Waals surface area contributed by atoms with Crippen molar-refractivity contribution in [2.45, 2.75) is 19.9 Å². The number of carbonyl (C=O) groups is 2. The fourth-order valence-electron chi connectivity index (χ4n) is 2.86. The average molecular weight is 447 g/mol. The Morgan fingerprint density at radius 3 is 2.47 bits per heavy atom. The molecule has 0 aliphatic heterocycles. The zero-order valence-corrected chi connectivity index (χ0v) is 17.7. The highest BCUT2D eigenvalue weighted by Gasteiger charge is 2.15. The Bertz CT molecular complexity index is 1060. The minimum Gasteiger partial charge on any atom is -0.481 e. The Labute approximate surface area is 183 Å². The van der Waals surface area contributed by atoms with E-state index in [-0.39, 0.29) is 12.3 Å². The quantitative estimate of drug-likeness (QED) is 0.446. The third-order valence-electron chi connectivity index (χ3n) is 4.24. The molecule has 1 amide bonds. The van der Waals surface area contributed by atoms with Gasteiger partial charge < -0.3 is 15.7 Å². The summed E-state index contributed by atoms with van der Waals surface area (Å²) >= 11 is 12.5. The number of amides is 1. The van der Waals surface area contributed by atoms with E-state index in [1.54, 1.807) is 35.0 Å². The number of nitrogens with one attached hydrogen (secondary N) is 2. The molecule has 0 unspecified atom stereocenters. The average Bonchev–Trinajstić information content (AvgIpc) is 3.08. The lowest BCUT2D eigenvalue weighted by molar-refractivity contribution is -0.136. The van der Waals surface area contributed by atoms with E-state index < -0.39 is 5.97 Å². The Hall–Kier alpha value is -2.87. The van der Waals surface area contributed by atoms with Gasteiger partial charge in [-0.3, -0.25) is 9.59 Å². The molecular weight excluding hydrogens is 427 g/mol. The minimum atomic E-state index is -0.850. The lowest BCUT2D eigenvalue weighted by Crippen LogP contribution is -2.17. The molecule has 0 saturated heterocycles. The SMILES string of the molecule is CC(=O)Nc1cc(-c2ccc(Cl)cc2)nn1-c1ccc(CNCCC(=O)O)cc1Cl. The monoisotopic (exact) mass is 446 g/mol. The smallest absolute Gasteiger partial charge is 0.304 e. The van der Waals surface area contributed by atoms with Crippen LogP contribution in [0.3, 0.4) is 0 Å². The van der Waals surface area contributed by atoms with Crippen LogP contribution in [0.15, 0.2) is 48.5 Å². The molecule has 156 valence electrons. The van der Waals surface area contributed by atoms with E-state index in [2.05, 4.69) is 15.7 Å². The second-order valence-electron chi connectivity index (χ2n) is 6.62. The highest BCUT2D eigenvalue weighted by atomic mass is 35.5. The van der Waals surface area contributed by atoms with E-state index >= 15 is 0 Å². The topological polar surface area (TPSA) is 96.3 Å². The summed E-state index contributed by atoms with van der Waals surface area (Å²) in [5, 5.41) is 20.2. The van der Waals surface area contributed by atoms with Crippen LogP contribution in [0.4, 0.5) is 5.82 Å². The van der Waals surface area contributed by atoms with Crippen LogP contribution in [0, 0.1) is 0 Å². The maximum atomic E-state index is 11.7. The number of carbonyl (C=O) groups excluding carboxylic acids is 1. The summed E-state index contributed by atoms with van der Waals surface area (Å²) in [5.74, 6) is -0.590. The second-order valence-corrected chi connectivity index (χ2v) is 7.46. The number of hydrogen-bond donors (Lipinski definition) is 3. The zero-order valence-electron chi connectivity index (χ0n) is 16.2. The number of halogens is 2. The van der Waals surface area contributed by atoms with E-state index in [0.717, 1.165) is 11.1 Å². The number of aromatic nitrogens is 2. The third kappa shape index (κ3) is 5.60. The van der Waals surface area contributed by atoms with Gasteiger partial charge in [0, 0.05) is 36.7 Å². The van der Waals surface area contributed by atoms with Gasteiger partial charge in [-0.15, -0.1) is 0 Å². The summed E-state index contributed by atoms with van der Waals surface area (Å²) in [6, 6.07) is 14.5. The summed E-state index contributed by atoms with van der Waals surface area (Å²) in [7, 11) is 0. The van der Waals surface area contributed by atoms with Crippen LogP contribution in [-0.2, 0) is 16.1 Å². The lowest BCUT2D eigenvalue weighted by atomic mass is 10.1. The molecule has 0 aliphatic carbocycles. The number of carboxylic acids is 1. The number of nitrogens with zero attached hydrogens (tertiary/aromatic N) is 2. The van der Waals surface area contributed by atoms with Crippen LogP contribution in [0.5, 0.6) is 0 Å². The van der Waals surface area contributed by atoms with Gasteiger partial charge in [0.2, 0.25) is 5.91 Å². The van der Waals surface area contributed by atoms with Gasteiger partial charge in [-0.1, -0.05) is 41.4 Å². The molecule has 0 radical (unpaired) electrons. The van der Waals surface area contributed by atoms with Crippen LogP contribution in [0.1, 0.15) is 18.9 Å². The van der Waals surface area contributed by atoms with Crippen molar-refractivity contribution in [3.63, 3.8) is 0 Å². The minimum absolute atomic E-state index is 0.0483. The van der Waals surface area contributed by atoms with Crippen LogP contribution < -0.4 is 10.6 Å². The molecule has 1 heterocycles. The highest BCUT2D eigenvalue weighted by Crippen LogP contribution is 2.29. The van der Waals surface area contributed by atoms with Crippen molar-refractivity contribution in [3.8, 4) is 16.9 Å². The summed E-state index contributed by atoms with van der Waals surface area (Å²) in [5.41, 5.74) is 3.02. The molecule has 0 atom stereocenters. The Morgan fingerprint density at radius 2 is 1.83 bits per heavy atom. The Morgan fingerprint density at radius 1 is 1.10 bits per heavy atom. The van der Waals surface area contributed by atoms with E-state index in [9.17, 15) is 9.59 Å². The maximum absolute atomic E-state index is 11.7. The molecule has 0 fully saturated rings. The van der Waals surface area contributed by atoms with Crippen LogP contribution >= 0.6 is 23.2 Å². The first-order chi connectivity index (χ1) is 14.3. The predicted octanol–water partition coefficient (Wildman–Crippen LogP) is 4.37. The predicted molar refractivity (Wildman–Crippen MR) is 117 cm³/mol. The zero-order chi connectivity index (χ0) is 21.7. The molecule has 0 bridgehead atoms. The molecule has 9 heteroatoms. The fourth-order valence-corrected chi connectivity index (χ4v) is 3.27. The molecule has 30 heavy (non-hydrogen) atoms. The summed E-state index contributed by atoms with van der Waals surface area (Å²) in [6.07, 6.45) is 0.0483. The molecule has 2 aromatic carbocycles. The van der Waals surface area contributed by atoms with Gasteiger partial charge in [0.25, 0.3) is 0 Å². The molecule has 3 aromatic rings. The van der Waals surface area contributed by atoms with Crippen molar-refractivity contribution >= 4 is 40.9 Å². The number of rotatable bonds is 8. The number of benzene rings is 2. The summed E-state index contributed by atoms with van der Waals surface area (Å²) in [6.45, 7) is 2.28. The summed E-state index contributed by atoms with van der Waals surface area (Å²) in [4.78, 5) is 22.3. The lowest BCUT2D eigenvalue weighted by Gasteiger charge is -2.11. The molecule has 3 N–H and O–H groups in total. The molecule has 3 rings (SSSR count). The van der Waals surface area contributed by atoms with Crippen molar-refractivity contribution in [2.75, 3.05) is 11.9 Å². The standard InChI is InChI=1S/C21H20Cl2N4O3/c1-13(28)25-20-11-18(15-3-5-16(22)6-4-15)26-27(20)19-7-2-14(10-17(19)23)12-24-9-8-21(29)30/h2-7,10-11,24H,8-9,12H2,1H3,(H,25,28)(H,29,30). The molecule has 7 nitrogen and oxygen atoms in total. The van der Waals surface area contributed by atoms with Crippen molar-refractivity contribution in [2.24, 2.45) is 0 Å². The number of anilines is 1. The number of hydrogen-bond acceptors (Lipinski definition) is 4. The van der Waals surface area contributed by atoms with Crippen LogP contribution in [0.25, 0.3) is 16.9 Å². The van der Waals surface area contributed by atoms with Crippen molar-refractivity contribution in [1.29, 1.82) is 0 Å². The first-order valence-electron chi connectivity index (χ1n) is 9.18. The van der Waals surface area contributed by atoms with Gasteiger partial charge in [0.15, 0.2) is 0 Å². The van der Waals surface area contributed by atoms with Crippen LogP contribution in [-0.4, -0.2) is 33.3 Å². The van der Waals surface area contributed by atoms with E-state index in [0.29, 0.717) is 40.3 Å². The Kier molecular flexibility index (Phi) is 7.10. The van der Waals surface area contributed by atoms with Gasteiger partial charge in [0.05, 0.1) is 22.8 Å². The molecule has 0 aliphatic rings. The highest BCUT2D eigenvalue weighted by molar-refractivity contribution is 6.32. The van der Waals surface area contributed by atoms with Crippen molar-refractivity contribution < 1.29 is 14.7 Å². The van der Waals surface area contributed by atoms with Gasteiger partial charge in [0.1, 0.15) is 5.82 Å². The number of carboxylic acid groups (broad SMARTS) is 1. The maximum Gasteiger partial charge on any atom is 0.304 e. The normalized spacial score (nSPS) is 10.8. The number of aliphatic carboxylic acids is 1. The Balaban J connectivity index is 1.88. The van der Waals surface area contributed by atoms with E-state index in [4.69, 9.17) is 28.3 Å². The van der Waals surface area contributed by atoms with Crippen molar-refractivity contribution in [3.05, 3.63) is 64.1 Å². The van der Waals surface area contributed by atoms with Crippen molar-refractivity contribution in [1.82, 2.24) is 15.1 Å². The molecular formula is C21H20Cl2N4O3. The van der Waals surface area contributed by atoms with Gasteiger partial charge in [-0.2, -0.15) is 5.10 Å². The van der Waals surface area contributed by atoms with Gasteiger partial charge in [-0.25, -0.2) is 4.68 Å². The van der Waals surface area contributed by atoms with Gasteiger partial charge in [-0.05, 0) is 29.8 Å². The van der Waals surface area contributed by atoms with Gasteiger partial charge >= 0.3 is 5.97 Å². The second kappa shape index (κ2) is 9.75. The largest absolute Gasteiger partial charge is 0.481 e. The molecule has 1 aromatic heterocycles. The first-order valence-corrected chi connectivity index (χ1v) is 9.94. The fraction of sp³-hybridized carbons (Fsp3) is 0.190. The molecule has 0 saturated carbocycles. The first kappa shape index (κ1) is 21.8. The summed E-state index contributed by atoms with van der Waals surface area (Å²) < 4.78 is 1.58. The van der Waals surface area contributed by atoms with E-state index in [1.807, 2.05) is 18.2 Å². The molecule has 0 spiro atoms. The van der Waals surface area contributed by atoms with Crippen LogP contribution in [0.2, 0.25) is 10.0 Å². The van der Waals surface area contributed by atoms with E-state index in [1.165, 1.54) is 6.92 Å². The third-order valence-corrected chi connectivity index (χ3v) is 4.79.